The summed E-state index contributed by atoms with van der Waals surface area (Å²) in [5.74, 6) is 5.23. The molecule has 0 aromatic rings. The number of hydrazine groups is 1. The first-order chi connectivity index (χ1) is 5.24. The van der Waals surface area contributed by atoms with Gasteiger partial charge in [-0.1, -0.05) is 13.8 Å². The van der Waals surface area contributed by atoms with Crippen molar-refractivity contribution in [3.63, 3.8) is 0 Å². The quantitative estimate of drug-likeness (QED) is 0.393. The van der Waals surface area contributed by atoms with E-state index in [1.54, 1.807) is 0 Å². The van der Waals surface area contributed by atoms with Gasteiger partial charge >= 0.3 is 0 Å². The standard InChI is InChI=1S/C8H21N3/c1-4-7(3)11-8(5-2)6-10-9/h7-8,10-11H,4-6,9H2,1-3H3. The van der Waals surface area contributed by atoms with Crippen LogP contribution in [-0.2, 0) is 0 Å². The van der Waals surface area contributed by atoms with E-state index in [2.05, 4.69) is 31.5 Å². The summed E-state index contributed by atoms with van der Waals surface area (Å²) in [4.78, 5) is 0. The van der Waals surface area contributed by atoms with Crippen molar-refractivity contribution in [2.75, 3.05) is 6.54 Å². The third-order valence-electron chi connectivity index (χ3n) is 1.99. The fourth-order valence-corrected chi connectivity index (χ4v) is 0.984. The van der Waals surface area contributed by atoms with Gasteiger partial charge in [0.05, 0.1) is 0 Å². The lowest BCUT2D eigenvalue weighted by atomic mass is 10.2. The molecular formula is C8H21N3. The molecule has 0 aromatic carbocycles. The second-order valence-electron chi connectivity index (χ2n) is 2.99. The van der Waals surface area contributed by atoms with Gasteiger partial charge in [-0.05, 0) is 19.8 Å². The minimum absolute atomic E-state index is 0.509. The molecule has 0 aliphatic carbocycles. The van der Waals surface area contributed by atoms with E-state index in [0.29, 0.717) is 12.1 Å². The Bertz CT molecular complexity index is 85.4. The summed E-state index contributed by atoms with van der Waals surface area (Å²) in [6, 6.07) is 1.10. The zero-order valence-electron chi connectivity index (χ0n) is 7.85. The molecule has 0 aliphatic heterocycles. The second-order valence-corrected chi connectivity index (χ2v) is 2.99. The van der Waals surface area contributed by atoms with E-state index < -0.39 is 0 Å². The van der Waals surface area contributed by atoms with Gasteiger partial charge in [0, 0.05) is 18.6 Å². The molecule has 0 radical (unpaired) electrons. The Morgan fingerprint density at radius 1 is 1.27 bits per heavy atom. The van der Waals surface area contributed by atoms with E-state index >= 15 is 0 Å². The molecule has 4 N–H and O–H groups in total. The molecule has 0 amide bonds. The van der Waals surface area contributed by atoms with Crippen LogP contribution in [0.5, 0.6) is 0 Å². The summed E-state index contributed by atoms with van der Waals surface area (Å²) < 4.78 is 0. The Morgan fingerprint density at radius 2 is 1.91 bits per heavy atom. The van der Waals surface area contributed by atoms with E-state index in [1.165, 1.54) is 6.42 Å². The minimum atomic E-state index is 0.509. The van der Waals surface area contributed by atoms with Crippen LogP contribution in [0, 0.1) is 0 Å². The van der Waals surface area contributed by atoms with Gasteiger partial charge < -0.3 is 5.32 Å². The first-order valence-electron chi connectivity index (χ1n) is 4.44. The average Bonchev–Trinajstić information content (AvgIpc) is 2.03. The highest BCUT2D eigenvalue weighted by atomic mass is 15.2. The molecule has 3 heteroatoms. The first kappa shape index (κ1) is 10.9. The smallest absolute Gasteiger partial charge is 0.0252 e. The van der Waals surface area contributed by atoms with Gasteiger partial charge in [-0.3, -0.25) is 11.3 Å². The Labute approximate surface area is 69.7 Å². The van der Waals surface area contributed by atoms with Gasteiger partial charge in [-0.25, -0.2) is 0 Å². The van der Waals surface area contributed by atoms with Crippen LogP contribution in [0.3, 0.4) is 0 Å². The van der Waals surface area contributed by atoms with Crippen LogP contribution in [0.2, 0.25) is 0 Å². The van der Waals surface area contributed by atoms with Crippen LogP contribution >= 0.6 is 0 Å². The molecule has 2 atom stereocenters. The number of rotatable bonds is 6. The zero-order chi connectivity index (χ0) is 8.69. The molecule has 0 saturated carbocycles. The van der Waals surface area contributed by atoms with Crippen molar-refractivity contribution in [2.45, 2.75) is 45.7 Å². The summed E-state index contributed by atoms with van der Waals surface area (Å²) in [5.41, 5.74) is 2.69. The van der Waals surface area contributed by atoms with Crippen LogP contribution in [-0.4, -0.2) is 18.6 Å². The van der Waals surface area contributed by atoms with Crippen molar-refractivity contribution < 1.29 is 0 Å². The molecular weight excluding hydrogens is 138 g/mol. The van der Waals surface area contributed by atoms with Crippen molar-refractivity contribution in [1.82, 2.24) is 10.7 Å². The number of hydrogen-bond donors (Lipinski definition) is 3. The maximum Gasteiger partial charge on any atom is 0.0252 e. The molecule has 3 nitrogen and oxygen atoms in total. The first-order valence-corrected chi connectivity index (χ1v) is 4.44. The number of nitrogens with one attached hydrogen (secondary N) is 2. The molecule has 0 aliphatic rings. The fraction of sp³-hybridized carbons (Fsp3) is 1.00. The van der Waals surface area contributed by atoms with Gasteiger partial charge in [0.15, 0.2) is 0 Å². The highest BCUT2D eigenvalue weighted by Gasteiger charge is 2.06. The number of nitrogens with two attached hydrogens (primary N) is 1. The lowest BCUT2D eigenvalue weighted by Crippen LogP contribution is -2.44. The third-order valence-corrected chi connectivity index (χ3v) is 1.99. The largest absolute Gasteiger partial charge is 0.310 e. The van der Waals surface area contributed by atoms with Crippen molar-refractivity contribution >= 4 is 0 Å². The Balaban J connectivity index is 3.49. The van der Waals surface area contributed by atoms with Crippen LogP contribution in [0.1, 0.15) is 33.6 Å². The van der Waals surface area contributed by atoms with Crippen molar-refractivity contribution in [1.29, 1.82) is 0 Å². The van der Waals surface area contributed by atoms with Gasteiger partial charge in [0.25, 0.3) is 0 Å². The van der Waals surface area contributed by atoms with Gasteiger partial charge in [0.1, 0.15) is 0 Å². The van der Waals surface area contributed by atoms with Crippen molar-refractivity contribution in [2.24, 2.45) is 5.84 Å². The minimum Gasteiger partial charge on any atom is -0.310 e. The van der Waals surface area contributed by atoms with Gasteiger partial charge in [-0.15, -0.1) is 0 Å². The molecule has 2 unspecified atom stereocenters. The lowest BCUT2D eigenvalue weighted by Gasteiger charge is -2.20. The van der Waals surface area contributed by atoms with E-state index in [-0.39, 0.29) is 0 Å². The molecule has 0 saturated heterocycles. The monoisotopic (exact) mass is 159 g/mol. The predicted molar refractivity (Wildman–Crippen MR) is 49.2 cm³/mol. The van der Waals surface area contributed by atoms with E-state index in [4.69, 9.17) is 5.84 Å². The molecule has 0 fully saturated rings. The molecule has 0 spiro atoms. The van der Waals surface area contributed by atoms with Crippen LogP contribution in [0.25, 0.3) is 0 Å². The number of hydrogen-bond acceptors (Lipinski definition) is 3. The molecule has 0 rings (SSSR count). The highest BCUT2D eigenvalue weighted by molar-refractivity contribution is 4.70. The maximum absolute atomic E-state index is 5.23. The summed E-state index contributed by atoms with van der Waals surface area (Å²) in [6.07, 6.45) is 2.29. The van der Waals surface area contributed by atoms with E-state index in [9.17, 15) is 0 Å². The predicted octanol–water partition coefficient (Wildman–Crippen LogP) is 0.616. The average molecular weight is 159 g/mol. The SMILES string of the molecule is CCC(C)NC(CC)CNN. The van der Waals surface area contributed by atoms with Crippen molar-refractivity contribution in [3.8, 4) is 0 Å². The molecule has 0 aromatic heterocycles. The zero-order valence-corrected chi connectivity index (χ0v) is 7.85. The summed E-state index contributed by atoms with van der Waals surface area (Å²) >= 11 is 0. The second kappa shape index (κ2) is 6.58. The molecule has 0 bridgehead atoms. The normalized spacial score (nSPS) is 16.4. The molecule has 68 valence electrons. The van der Waals surface area contributed by atoms with E-state index in [0.717, 1.165) is 13.0 Å². The van der Waals surface area contributed by atoms with Gasteiger partial charge in [0.2, 0.25) is 0 Å². The molecule has 11 heavy (non-hydrogen) atoms. The summed E-state index contributed by atoms with van der Waals surface area (Å²) in [7, 11) is 0. The summed E-state index contributed by atoms with van der Waals surface area (Å²) in [6.45, 7) is 7.39. The lowest BCUT2D eigenvalue weighted by molar-refractivity contribution is 0.409. The Kier molecular flexibility index (Phi) is 6.51. The van der Waals surface area contributed by atoms with Gasteiger partial charge in [-0.2, -0.15) is 0 Å². The Hall–Kier alpha value is -0.120. The summed E-state index contributed by atoms with van der Waals surface area (Å²) in [5, 5.41) is 3.47. The highest BCUT2D eigenvalue weighted by Crippen LogP contribution is 1.94. The molecule has 0 heterocycles. The van der Waals surface area contributed by atoms with Crippen LogP contribution < -0.4 is 16.6 Å². The third kappa shape index (κ3) is 5.18. The van der Waals surface area contributed by atoms with Crippen LogP contribution in [0.15, 0.2) is 0 Å². The maximum atomic E-state index is 5.23. The van der Waals surface area contributed by atoms with Crippen molar-refractivity contribution in [3.05, 3.63) is 0 Å². The topological polar surface area (TPSA) is 50.1 Å². The Morgan fingerprint density at radius 3 is 2.27 bits per heavy atom. The van der Waals surface area contributed by atoms with E-state index in [1.807, 2.05) is 0 Å². The van der Waals surface area contributed by atoms with Crippen LogP contribution in [0.4, 0.5) is 0 Å². The fourth-order valence-electron chi connectivity index (χ4n) is 0.984.